The Bertz CT molecular complexity index is 1010. The van der Waals surface area contributed by atoms with Crippen molar-refractivity contribution in [2.75, 3.05) is 20.3 Å². The number of hydrogen-bond donors (Lipinski definition) is 1. The Morgan fingerprint density at radius 1 is 1.44 bits per heavy atom. The second kappa shape index (κ2) is 8.10. The van der Waals surface area contributed by atoms with Crippen molar-refractivity contribution in [3.8, 4) is 0 Å². The zero-order valence-corrected chi connectivity index (χ0v) is 16.8. The first-order chi connectivity index (χ1) is 13.2. The van der Waals surface area contributed by atoms with Crippen LogP contribution in [0.15, 0.2) is 35.4 Å². The van der Waals surface area contributed by atoms with Crippen LogP contribution in [0, 0.1) is 0 Å². The van der Waals surface area contributed by atoms with Crippen LogP contribution in [-0.2, 0) is 24.1 Å². The topological polar surface area (TPSA) is 56.1 Å². The number of aromatic nitrogens is 2. The Labute approximate surface area is 167 Å². The molecule has 0 amide bonds. The van der Waals surface area contributed by atoms with Crippen LogP contribution in [0.4, 0.5) is 0 Å². The molecule has 5 nitrogen and oxygen atoms in total. The minimum Gasteiger partial charge on any atom is -0.383 e. The average molecular weight is 404 g/mol. The third kappa shape index (κ3) is 3.94. The molecule has 0 aliphatic heterocycles. The maximum absolute atomic E-state index is 13.1. The average Bonchev–Trinajstić information content (AvgIpc) is 3.03. The minimum atomic E-state index is 0.0447. The summed E-state index contributed by atoms with van der Waals surface area (Å²) < 4.78 is 6.80. The number of halogens is 1. The van der Waals surface area contributed by atoms with Gasteiger partial charge in [-0.15, -0.1) is 11.3 Å². The van der Waals surface area contributed by atoms with E-state index in [2.05, 4.69) is 10.3 Å². The largest absolute Gasteiger partial charge is 0.383 e. The number of nitrogens with one attached hydrogen (secondary N) is 1. The molecule has 27 heavy (non-hydrogen) atoms. The first-order valence-corrected chi connectivity index (χ1v) is 10.3. The van der Waals surface area contributed by atoms with Crippen molar-refractivity contribution in [2.24, 2.45) is 0 Å². The van der Waals surface area contributed by atoms with Gasteiger partial charge in [0, 0.05) is 29.6 Å². The van der Waals surface area contributed by atoms with Gasteiger partial charge >= 0.3 is 0 Å². The number of aryl methyl sites for hydroxylation is 1. The Hall–Kier alpha value is -1.73. The molecule has 1 unspecified atom stereocenters. The van der Waals surface area contributed by atoms with Crippen LogP contribution in [0.5, 0.6) is 0 Å². The maximum Gasteiger partial charge on any atom is 0.262 e. The monoisotopic (exact) mass is 403 g/mol. The quantitative estimate of drug-likeness (QED) is 0.642. The lowest BCUT2D eigenvalue weighted by Crippen LogP contribution is -2.36. The van der Waals surface area contributed by atoms with E-state index in [-0.39, 0.29) is 5.56 Å². The molecule has 0 fully saturated rings. The first kappa shape index (κ1) is 18.6. The second-order valence-corrected chi connectivity index (χ2v) is 8.40. The predicted octanol–water partition coefficient (Wildman–Crippen LogP) is 3.25. The highest BCUT2D eigenvalue weighted by Gasteiger charge is 2.25. The molecule has 3 aromatic rings. The van der Waals surface area contributed by atoms with Crippen LogP contribution in [0.3, 0.4) is 0 Å². The van der Waals surface area contributed by atoms with Gasteiger partial charge in [0.2, 0.25) is 0 Å². The highest BCUT2D eigenvalue weighted by Crippen LogP contribution is 2.33. The number of rotatable bonds is 6. The van der Waals surface area contributed by atoms with E-state index in [1.165, 1.54) is 10.4 Å². The number of hydrogen-bond acceptors (Lipinski definition) is 5. The molecular weight excluding hydrogens is 382 g/mol. The molecule has 142 valence electrons. The Kier molecular flexibility index (Phi) is 5.59. The van der Waals surface area contributed by atoms with Gasteiger partial charge in [-0.25, -0.2) is 4.98 Å². The van der Waals surface area contributed by atoms with Crippen LogP contribution in [0.25, 0.3) is 10.2 Å². The summed E-state index contributed by atoms with van der Waals surface area (Å²) in [6.45, 7) is 2.05. The van der Waals surface area contributed by atoms with Gasteiger partial charge in [0.05, 0.1) is 24.9 Å². The standard InChI is InChI=1S/C20H22ClN3O2S/c1-26-8-7-22-15-5-6-16-17(10-15)27-19-18(16)20(25)24(12-23-19)11-13-3-2-4-14(21)9-13/h2-4,9,12,15,22H,5-8,10-11H2,1H3. The summed E-state index contributed by atoms with van der Waals surface area (Å²) in [5.74, 6) is 0. The van der Waals surface area contributed by atoms with Crippen molar-refractivity contribution in [3.05, 3.63) is 62.0 Å². The molecule has 1 aliphatic carbocycles. The van der Waals surface area contributed by atoms with Crippen molar-refractivity contribution < 1.29 is 4.74 Å². The van der Waals surface area contributed by atoms with Gasteiger partial charge in [-0.3, -0.25) is 9.36 Å². The maximum atomic E-state index is 13.1. The van der Waals surface area contributed by atoms with E-state index in [9.17, 15) is 4.79 Å². The zero-order valence-electron chi connectivity index (χ0n) is 15.2. The molecule has 1 aromatic carbocycles. The van der Waals surface area contributed by atoms with E-state index >= 15 is 0 Å². The van der Waals surface area contributed by atoms with Crippen LogP contribution >= 0.6 is 22.9 Å². The van der Waals surface area contributed by atoms with E-state index < -0.39 is 0 Å². The molecule has 0 saturated heterocycles. The van der Waals surface area contributed by atoms with Crippen molar-refractivity contribution in [1.29, 1.82) is 0 Å². The predicted molar refractivity (Wildman–Crippen MR) is 110 cm³/mol. The summed E-state index contributed by atoms with van der Waals surface area (Å²) in [6.07, 6.45) is 4.55. The van der Waals surface area contributed by atoms with Crippen LogP contribution in [-0.4, -0.2) is 35.9 Å². The van der Waals surface area contributed by atoms with Gasteiger partial charge < -0.3 is 10.1 Å². The van der Waals surface area contributed by atoms with E-state index in [1.807, 2.05) is 24.3 Å². The van der Waals surface area contributed by atoms with Crippen molar-refractivity contribution in [1.82, 2.24) is 14.9 Å². The number of thiophene rings is 1. The summed E-state index contributed by atoms with van der Waals surface area (Å²) in [6, 6.07) is 8.04. The molecule has 2 heterocycles. The summed E-state index contributed by atoms with van der Waals surface area (Å²) in [4.78, 5) is 19.8. The fourth-order valence-electron chi connectivity index (χ4n) is 3.69. The number of benzene rings is 1. The van der Waals surface area contributed by atoms with Gasteiger partial charge in [-0.1, -0.05) is 23.7 Å². The van der Waals surface area contributed by atoms with E-state index in [0.717, 1.165) is 41.6 Å². The highest BCUT2D eigenvalue weighted by molar-refractivity contribution is 7.18. The van der Waals surface area contributed by atoms with E-state index in [4.69, 9.17) is 16.3 Å². The van der Waals surface area contributed by atoms with Gasteiger partial charge in [-0.2, -0.15) is 0 Å². The first-order valence-electron chi connectivity index (χ1n) is 9.12. The van der Waals surface area contributed by atoms with Gasteiger partial charge in [-0.05, 0) is 42.5 Å². The Morgan fingerprint density at radius 3 is 3.15 bits per heavy atom. The van der Waals surface area contributed by atoms with Crippen LogP contribution in [0.2, 0.25) is 5.02 Å². The molecule has 1 N–H and O–H groups in total. The lowest BCUT2D eigenvalue weighted by Gasteiger charge is -2.23. The number of fused-ring (bicyclic) bond motifs is 3. The molecule has 0 spiro atoms. The summed E-state index contributed by atoms with van der Waals surface area (Å²) in [5, 5.41) is 5.01. The minimum absolute atomic E-state index is 0.0447. The third-order valence-electron chi connectivity index (χ3n) is 5.02. The second-order valence-electron chi connectivity index (χ2n) is 6.88. The summed E-state index contributed by atoms with van der Waals surface area (Å²) in [5.41, 5.74) is 2.23. The Balaban J connectivity index is 1.62. The van der Waals surface area contributed by atoms with Crippen molar-refractivity contribution in [2.45, 2.75) is 31.8 Å². The van der Waals surface area contributed by atoms with Crippen LogP contribution < -0.4 is 10.9 Å². The SMILES string of the molecule is COCCNC1CCc2c(sc3ncn(Cc4cccc(Cl)c4)c(=O)c23)C1. The molecule has 7 heteroatoms. The molecule has 4 rings (SSSR count). The molecule has 1 atom stereocenters. The number of ether oxygens (including phenoxy) is 1. The lowest BCUT2D eigenvalue weighted by atomic mass is 9.93. The summed E-state index contributed by atoms with van der Waals surface area (Å²) in [7, 11) is 1.72. The lowest BCUT2D eigenvalue weighted by molar-refractivity contribution is 0.194. The van der Waals surface area contributed by atoms with Gasteiger partial charge in [0.1, 0.15) is 4.83 Å². The van der Waals surface area contributed by atoms with E-state index in [0.29, 0.717) is 24.2 Å². The number of methoxy groups -OCH3 is 1. The van der Waals surface area contributed by atoms with Gasteiger partial charge in [0.25, 0.3) is 5.56 Å². The fourth-order valence-corrected chi connectivity index (χ4v) is 5.16. The molecule has 0 bridgehead atoms. The van der Waals surface area contributed by atoms with Crippen LogP contribution in [0.1, 0.15) is 22.4 Å². The fraction of sp³-hybridized carbons (Fsp3) is 0.400. The highest BCUT2D eigenvalue weighted by atomic mass is 35.5. The third-order valence-corrected chi connectivity index (χ3v) is 6.41. The zero-order chi connectivity index (χ0) is 18.8. The Morgan fingerprint density at radius 2 is 2.33 bits per heavy atom. The number of nitrogens with zero attached hydrogens (tertiary/aromatic N) is 2. The van der Waals surface area contributed by atoms with Gasteiger partial charge in [0.15, 0.2) is 0 Å². The molecule has 2 aromatic heterocycles. The van der Waals surface area contributed by atoms with E-state index in [1.54, 1.807) is 29.3 Å². The van der Waals surface area contributed by atoms with Crippen molar-refractivity contribution in [3.63, 3.8) is 0 Å². The molecule has 1 aliphatic rings. The van der Waals surface area contributed by atoms with Crippen molar-refractivity contribution >= 4 is 33.2 Å². The smallest absolute Gasteiger partial charge is 0.262 e. The molecular formula is C20H22ClN3O2S. The molecule has 0 radical (unpaired) electrons. The summed E-state index contributed by atoms with van der Waals surface area (Å²) >= 11 is 7.72. The molecule has 0 saturated carbocycles. The normalized spacial score (nSPS) is 16.6.